The molecule has 0 radical (unpaired) electrons. The van der Waals surface area contributed by atoms with E-state index in [0.29, 0.717) is 43.6 Å². The summed E-state index contributed by atoms with van der Waals surface area (Å²) in [6.45, 7) is 8.59. The van der Waals surface area contributed by atoms with Crippen LogP contribution < -0.4 is 9.64 Å². The van der Waals surface area contributed by atoms with E-state index in [2.05, 4.69) is 4.90 Å². The molecule has 0 aliphatic carbocycles. The number of halogens is 1. The Labute approximate surface area is 195 Å². The lowest BCUT2D eigenvalue weighted by atomic mass is 10.1. The van der Waals surface area contributed by atoms with Crippen LogP contribution in [0.2, 0.25) is 5.02 Å². The molecule has 1 amide bonds. The topological polar surface area (TPSA) is 70.2 Å². The SMILES string of the molecule is CCOc1ccc(S(=O)(=O)N(CC)CC(=O)N2CCN(c3cc(Cl)ccc3C)CC2)cc1. The van der Waals surface area contributed by atoms with Crippen molar-refractivity contribution in [3.05, 3.63) is 53.1 Å². The van der Waals surface area contributed by atoms with Crippen LogP contribution in [0.1, 0.15) is 19.4 Å². The van der Waals surface area contributed by atoms with Crippen LogP contribution >= 0.6 is 11.6 Å². The second-order valence-corrected chi connectivity index (χ2v) is 10.0. The summed E-state index contributed by atoms with van der Waals surface area (Å²) in [6, 6.07) is 12.1. The fourth-order valence-corrected chi connectivity index (χ4v) is 5.33. The Morgan fingerprint density at radius 3 is 2.31 bits per heavy atom. The Morgan fingerprint density at radius 1 is 1.06 bits per heavy atom. The quantitative estimate of drug-likeness (QED) is 0.580. The van der Waals surface area contributed by atoms with Crippen LogP contribution in [0.3, 0.4) is 0 Å². The van der Waals surface area contributed by atoms with Crippen molar-refractivity contribution in [3.8, 4) is 5.75 Å². The van der Waals surface area contributed by atoms with Gasteiger partial charge in [-0.3, -0.25) is 4.79 Å². The van der Waals surface area contributed by atoms with Gasteiger partial charge < -0.3 is 14.5 Å². The van der Waals surface area contributed by atoms with Crippen LogP contribution in [0.4, 0.5) is 5.69 Å². The minimum atomic E-state index is -3.78. The first-order valence-electron chi connectivity index (χ1n) is 10.8. The number of nitrogens with zero attached hydrogens (tertiary/aromatic N) is 3. The average molecular weight is 480 g/mol. The zero-order valence-corrected chi connectivity index (χ0v) is 20.3. The van der Waals surface area contributed by atoms with Crippen LogP contribution in [0.5, 0.6) is 5.75 Å². The van der Waals surface area contributed by atoms with Crippen molar-refractivity contribution in [2.24, 2.45) is 0 Å². The summed E-state index contributed by atoms with van der Waals surface area (Å²) in [5.74, 6) is 0.419. The summed E-state index contributed by atoms with van der Waals surface area (Å²) in [5, 5.41) is 0.683. The van der Waals surface area contributed by atoms with E-state index in [9.17, 15) is 13.2 Å². The first-order chi connectivity index (χ1) is 15.3. The number of carbonyl (C=O) groups is 1. The van der Waals surface area contributed by atoms with E-state index in [1.807, 2.05) is 32.0 Å². The minimum absolute atomic E-state index is 0.150. The number of rotatable bonds is 8. The van der Waals surface area contributed by atoms with Gasteiger partial charge in [-0.1, -0.05) is 24.6 Å². The molecule has 9 heteroatoms. The molecule has 0 N–H and O–H groups in total. The summed E-state index contributed by atoms with van der Waals surface area (Å²) in [4.78, 5) is 17.0. The highest BCUT2D eigenvalue weighted by molar-refractivity contribution is 7.89. The Kier molecular flexibility index (Phi) is 8.03. The Balaban J connectivity index is 1.63. The third kappa shape index (κ3) is 5.54. The zero-order chi connectivity index (χ0) is 23.3. The molecule has 1 fully saturated rings. The number of amides is 1. The summed E-state index contributed by atoms with van der Waals surface area (Å²) in [6.07, 6.45) is 0. The normalized spacial score (nSPS) is 14.7. The van der Waals surface area contributed by atoms with Crippen LogP contribution in [0.15, 0.2) is 47.4 Å². The highest BCUT2D eigenvalue weighted by Crippen LogP contribution is 2.25. The second kappa shape index (κ2) is 10.6. The number of piperazine rings is 1. The van der Waals surface area contributed by atoms with Gasteiger partial charge in [0.25, 0.3) is 0 Å². The van der Waals surface area contributed by atoms with E-state index in [-0.39, 0.29) is 23.9 Å². The van der Waals surface area contributed by atoms with Crippen LogP contribution in [-0.4, -0.2) is 69.4 Å². The van der Waals surface area contributed by atoms with Gasteiger partial charge in [-0.2, -0.15) is 4.31 Å². The fourth-order valence-electron chi connectivity index (χ4n) is 3.76. The van der Waals surface area contributed by atoms with Gasteiger partial charge >= 0.3 is 0 Å². The van der Waals surface area contributed by atoms with Gasteiger partial charge in [-0.15, -0.1) is 0 Å². The van der Waals surface area contributed by atoms with Gasteiger partial charge in [-0.25, -0.2) is 8.42 Å². The third-order valence-corrected chi connectivity index (χ3v) is 7.75. The molecule has 3 rings (SSSR count). The molecule has 7 nitrogen and oxygen atoms in total. The van der Waals surface area contributed by atoms with Gasteiger partial charge in [0.1, 0.15) is 5.75 Å². The first kappa shape index (κ1) is 24.4. The number of benzene rings is 2. The van der Waals surface area contributed by atoms with Crippen LogP contribution in [0, 0.1) is 6.92 Å². The number of aryl methyl sites for hydroxylation is 1. The van der Waals surface area contributed by atoms with E-state index < -0.39 is 10.0 Å². The molecule has 1 saturated heterocycles. The molecular weight excluding hydrogens is 450 g/mol. The maximum atomic E-state index is 13.1. The zero-order valence-electron chi connectivity index (χ0n) is 18.8. The summed E-state index contributed by atoms with van der Waals surface area (Å²) in [5.41, 5.74) is 2.20. The number of sulfonamides is 1. The summed E-state index contributed by atoms with van der Waals surface area (Å²) < 4.78 is 32.7. The van der Waals surface area contributed by atoms with Gasteiger partial charge in [0, 0.05) is 43.4 Å². The van der Waals surface area contributed by atoms with Crippen molar-refractivity contribution in [1.82, 2.24) is 9.21 Å². The van der Waals surface area contributed by atoms with E-state index in [1.54, 1.807) is 24.0 Å². The minimum Gasteiger partial charge on any atom is -0.494 e. The molecule has 0 unspecified atom stereocenters. The molecule has 1 aliphatic rings. The molecule has 1 heterocycles. The predicted molar refractivity (Wildman–Crippen MR) is 127 cm³/mol. The van der Waals surface area contributed by atoms with Gasteiger partial charge in [0.2, 0.25) is 15.9 Å². The highest BCUT2D eigenvalue weighted by Gasteiger charge is 2.29. The molecule has 0 atom stereocenters. The Morgan fingerprint density at radius 2 is 1.72 bits per heavy atom. The van der Waals surface area contributed by atoms with Gasteiger partial charge in [0.15, 0.2) is 0 Å². The van der Waals surface area contributed by atoms with Crippen molar-refractivity contribution < 1.29 is 17.9 Å². The Hall–Kier alpha value is -2.29. The summed E-state index contributed by atoms with van der Waals surface area (Å²) >= 11 is 6.15. The smallest absolute Gasteiger partial charge is 0.243 e. The molecule has 2 aromatic carbocycles. The van der Waals surface area contributed by atoms with Crippen molar-refractivity contribution in [1.29, 1.82) is 0 Å². The number of carbonyl (C=O) groups excluding carboxylic acids is 1. The monoisotopic (exact) mass is 479 g/mol. The van der Waals surface area contributed by atoms with Gasteiger partial charge in [0.05, 0.1) is 18.0 Å². The highest BCUT2D eigenvalue weighted by atomic mass is 35.5. The molecule has 0 saturated carbocycles. The number of hydrogen-bond donors (Lipinski definition) is 0. The number of anilines is 1. The molecule has 0 bridgehead atoms. The van der Waals surface area contributed by atoms with E-state index in [1.165, 1.54) is 16.4 Å². The molecule has 174 valence electrons. The van der Waals surface area contributed by atoms with Crippen molar-refractivity contribution in [2.75, 3.05) is 50.8 Å². The molecule has 0 spiro atoms. The second-order valence-electron chi connectivity index (χ2n) is 7.63. The third-order valence-electron chi connectivity index (χ3n) is 5.58. The van der Waals surface area contributed by atoms with Crippen molar-refractivity contribution in [2.45, 2.75) is 25.7 Å². The standard InChI is InChI=1S/C23H30ClN3O4S/c1-4-27(32(29,30)21-10-8-20(9-11-21)31-5-2)17-23(28)26-14-12-25(13-15-26)22-16-19(24)7-6-18(22)3/h6-11,16H,4-5,12-15,17H2,1-3H3. The number of ether oxygens (including phenoxy) is 1. The molecule has 0 aromatic heterocycles. The molecule has 2 aromatic rings. The fraction of sp³-hybridized carbons (Fsp3) is 0.435. The average Bonchev–Trinajstić information content (AvgIpc) is 2.79. The lowest BCUT2D eigenvalue weighted by Crippen LogP contribution is -2.52. The molecule has 32 heavy (non-hydrogen) atoms. The van der Waals surface area contributed by atoms with E-state index in [4.69, 9.17) is 16.3 Å². The largest absolute Gasteiger partial charge is 0.494 e. The van der Waals surface area contributed by atoms with E-state index >= 15 is 0 Å². The van der Waals surface area contributed by atoms with Crippen molar-refractivity contribution >= 4 is 33.2 Å². The lowest BCUT2D eigenvalue weighted by Gasteiger charge is -2.37. The van der Waals surface area contributed by atoms with Crippen LogP contribution in [0.25, 0.3) is 0 Å². The van der Waals surface area contributed by atoms with Crippen molar-refractivity contribution in [3.63, 3.8) is 0 Å². The molecule has 1 aliphatic heterocycles. The van der Waals surface area contributed by atoms with Gasteiger partial charge in [-0.05, 0) is 55.8 Å². The molecular formula is C23H30ClN3O4S. The predicted octanol–water partition coefficient (Wildman–Crippen LogP) is 3.41. The first-order valence-corrected chi connectivity index (χ1v) is 12.6. The van der Waals surface area contributed by atoms with E-state index in [0.717, 1.165) is 11.3 Å². The maximum absolute atomic E-state index is 13.1. The maximum Gasteiger partial charge on any atom is 0.243 e. The number of hydrogen-bond acceptors (Lipinski definition) is 5. The summed E-state index contributed by atoms with van der Waals surface area (Å²) in [7, 11) is -3.78. The Bertz CT molecular complexity index is 1040. The number of likely N-dealkylation sites (N-methyl/N-ethyl adjacent to an activating group) is 1. The van der Waals surface area contributed by atoms with Crippen LogP contribution in [-0.2, 0) is 14.8 Å². The lowest BCUT2D eigenvalue weighted by molar-refractivity contribution is -0.131.